The highest BCUT2D eigenvalue weighted by molar-refractivity contribution is 7.80. The lowest BCUT2D eigenvalue weighted by Gasteiger charge is -2.28. The molecule has 140 valence electrons. The Hall–Kier alpha value is -1.88. The van der Waals surface area contributed by atoms with E-state index >= 15 is 0 Å². The summed E-state index contributed by atoms with van der Waals surface area (Å²) < 4.78 is 2.42. The van der Waals surface area contributed by atoms with E-state index in [9.17, 15) is 0 Å². The molecule has 1 saturated heterocycles. The van der Waals surface area contributed by atoms with Crippen LogP contribution in [0.25, 0.3) is 0 Å². The van der Waals surface area contributed by atoms with Gasteiger partial charge in [-0.1, -0.05) is 19.4 Å². The molecule has 0 bridgehead atoms. The van der Waals surface area contributed by atoms with Crippen LogP contribution in [0.3, 0.4) is 0 Å². The third kappa shape index (κ3) is 3.37. The Morgan fingerprint density at radius 3 is 2.62 bits per heavy atom. The maximum atomic E-state index is 5.72. The van der Waals surface area contributed by atoms with Crippen LogP contribution in [0.15, 0.2) is 30.5 Å². The van der Waals surface area contributed by atoms with Crippen molar-refractivity contribution in [2.45, 2.75) is 65.6 Å². The van der Waals surface area contributed by atoms with E-state index in [1.54, 1.807) is 0 Å². The summed E-state index contributed by atoms with van der Waals surface area (Å²) in [6.07, 6.45) is 4.16. The van der Waals surface area contributed by atoms with Gasteiger partial charge in [0, 0.05) is 30.2 Å². The zero-order valence-electron chi connectivity index (χ0n) is 16.5. The smallest absolute Gasteiger partial charge is 0.170 e. The van der Waals surface area contributed by atoms with Crippen LogP contribution in [0.1, 0.15) is 74.4 Å². The number of nitrogens with zero attached hydrogens (tertiary/aromatic N) is 3. The zero-order valence-corrected chi connectivity index (χ0v) is 17.3. The number of hydrogen-bond acceptors (Lipinski definition) is 2. The second-order valence-corrected chi connectivity index (χ2v) is 7.85. The van der Waals surface area contributed by atoms with E-state index in [2.05, 4.69) is 72.6 Å². The Bertz CT molecular complexity index is 766. The summed E-state index contributed by atoms with van der Waals surface area (Å²) in [7, 11) is 0. The lowest BCUT2D eigenvalue weighted by molar-refractivity contribution is 0.311. The van der Waals surface area contributed by atoms with Crippen molar-refractivity contribution in [3.05, 3.63) is 53.1 Å². The number of thiocarbonyl (C=S) groups is 1. The summed E-state index contributed by atoms with van der Waals surface area (Å²) in [5.41, 5.74) is 5.04. The molecule has 0 aliphatic carbocycles. The minimum Gasteiger partial charge on any atom is -0.352 e. The third-order valence-corrected chi connectivity index (χ3v) is 5.66. The van der Waals surface area contributed by atoms with Crippen molar-refractivity contribution in [3.8, 4) is 0 Å². The SMILES string of the molecule is CCCCN1C(=S)N[C@@H](c2ccccn2)[C@@H]1c1cc(C)n(C(C)C)c1C. The molecule has 0 spiro atoms. The molecule has 1 N–H and O–H groups in total. The molecule has 4 nitrogen and oxygen atoms in total. The largest absolute Gasteiger partial charge is 0.352 e. The van der Waals surface area contributed by atoms with Gasteiger partial charge in [-0.15, -0.1) is 0 Å². The summed E-state index contributed by atoms with van der Waals surface area (Å²) in [4.78, 5) is 6.99. The molecule has 1 fully saturated rings. The normalized spacial score (nSPS) is 20.1. The molecule has 2 aromatic heterocycles. The molecule has 0 amide bonds. The lowest BCUT2D eigenvalue weighted by atomic mass is 9.96. The second-order valence-electron chi connectivity index (χ2n) is 7.46. The van der Waals surface area contributed by atoms with Crippen LogP contribution < -0.4 is 5.32 Å². The van der Waals surface area contributed by atoms with Gasteiger partial charge in [-0.25, -0.2) is 0 Å². The number of pyridine rings is 1. The van der Waals surface area contributed by atoms with Gasteiger partial charge in [0.1, 0.15) is 0 Å². The summed E-state index contributed by atoms with van der Waals surface area (Å²) in [5.74, 6) is 0. The Labute approximate surface area is 162 Å². The predicted octanol–water partition coefficient (Wildman–Crippen LogP) is 4.85. The third-order valence-electron chi connectivity index (χ3n) is 5.31. The fraction of sp³-hybridized carbons (Fsp3) is 0.524. The molecule has 3 rings (SSSR count). The first-order valence-electron chi connectivity index (χ1n) is 9.62. The first-order chi connectivity index (χ1) is 12.5. The van der Waals surface area contributed by atoms with Crippen molar-refractivity contribution < 1.29 is 0 Å². The number of unbranched alkanes of at least 4 members (excludes halogenated alkanes) is 1. The van der Waals surface area contributed by atoms with Crippen LogP contribution in [0, 0.1) is 13.8 Å². The van der Waals surface area contributed by atoms with Gasteiger partial charge in [0.15, 0.2) is 5.11 Å². The van der Waals surface area contributed by atoms with E-state index in [1.165, 1.54) is 17.0 Å². The molecule has 0 aromatic carbocycles. The molecular weight excluding hydrogens is 340 g/mol. The monoisotopic (exact) mass is 370 g/mol. The summed E-state index contributed by atoms with van der Waals surface area (Å²) in [6, 6.07) is 9.16. The first-order valence-corrected chi connectivity index (χ1v) is 10.0. The zero-order chi connectivity index (χ0) is 18.8. The molecular formula is C21H30N4S. The van der Waals surface area contributed by atoms with Crippen molar-refractivity contribution in [3.63, 3.8) is 0 Å². The number of aryl methyl sites for hydroxylation is 1. The van der Waals surface area contributed by atoms with Gasteiger partial charge in [-0.2, -0.15) is 0 Å². The highest BCUT2D eigenvalue weighted by Gasteiger charge is 2.41. The van der Waals surface area contributed by atoms with Gasteiger partial charge in [0.05, 0.1) is 17.8 Å². The van der Waals surface area contributed by atoms with Gasteiger partial charge in [0.2, 0.25) is 0 Å². The number of nitrogens with one attached hydrogen (secondary N) is 1. The van der Waals surface area contributed by atoms with Crippen LogP contribution in [0.4, 0.5) is 0 Å². The minimum absolute atomic E-state index is 0.0849. The van der Waals surface area contributed by atoms with Crippen molar-refractivity contribution in [2.75, 3.05) is 6.54 Å². The van der Waals surface area contributed by atoms with Gasteiger partial charge in [0.25, 0.3) is 0 Å². The summed E-state index contributed by atoms with van der Waals surface area (Å²) in [5, 5.41) is 4.39. The minimum atomic E-state index is 0.0849. The van der Waals surface area contributed by atoms with Crippen LogP contribution >= 0.6 is 12.2 Å². The van der Waals surface area contributed by atoms with Crippen molar-refractivity contribution in [2.24, 2.45) is 0 Å². The number of rotatable bonds is 6. The molecule has 2 atom stereocenters. The van der Waals surface area contributed by atoms with Gasteiger partial charge in [-0.05, 0) is 70.1 Å². The highest BCUT2D eigenvalue weighted by atomic mass is 32.1. The summed E-state index contributed by atoms with van der Waals surface area (Å²) >= 11 is 5.72. The maximum absolute atomic E-state index is 5.72. The van der Waals surface area contributed by atoms with E-state index in [-0.39, 0.29) is 12.1 Å². The quantitative estimate of drug-likeness (QED) is 0.737. The molecule has 0 unspecified atom stereocenters. The van der Waals surface area contributed by atoms with Gasteiger partial charge in [-0.3, -0.25) is 4.98 Å². The Kier molecular flexibility index (Phi) is 5.66. The number of hydrogen-bond donors (Lipinski definition) is 1. The molecule has 26 heavy (non-hydrogen) atoms. The van der Waals surface area contributed by atoms with Crippen molar-refractivity contribution >= 4 is 17.3 Å². The number of aromatic nitrogens is 2. The summed E-state index contributed by atoms with van der Waals surface area (Å²) in [6.45, 7) is 12.1. The van der Waals surface area contributed by atoms with E-state index in [1.807, 2.05) is 12.3 Å². The van der Waals surface area contributed by atoms with Crippen molar-refractivity contribution in [1.29, 1.82) is 0 Å². The average Bonchev–Trinajstić information content (AvgIpc) is 3.09. The Morgan fingerprint density at radius 2 is 2.04 bits per heavy atom. The molecule has 1 aliphatic rings. The van der Waals surface area contributed by atoms with E-state index < -0.39 is 0 Å². The Balaban J connectivity index is 2.08. The fourth-order valence-electron chi connectivity index (χ4n) is 4.21. The maximum Gasteiger partial charge on any atom is 0.170 e. The molecule has 1 aliphatic heterocycles. The second kappa shape index (κ2) is 7.78. The Morgan fingerprint density at radius 1 is 1.27 bits per heavy atom. The lowest BCUT2D eigenvalue weighted by Crippen LogP contribution is -2.30. The van der Waals surface area contributed by atoms with Gasteiger partial charge < -0.3 is 14.8 Å². The van der Waals surface area contributed by atoms with Crippen molar-refractivity contribution in [1.82, 2.24) is 19.8 Å². The standard InChI is InChI=1S/C21H30N4S/c1-6-7-12-24-20(17-13-15(4)25(14(2)3)16(17)5)19(23-21(24)26)18-10-8-9-11-22-18/h8-11,13-14,19-20H,6-7,12H2,1-5H3,(H,23,26)/t19-,20-/m0/s1. The fourth-order valence-corrected chi connectivity index (χ4v) is 4.54. The van der Waals surface area contributed by atoms with Crippen LogP contribution in [0.2, 0.25) is 0 Å². The van der Waals surface area contributed by atoms with Crippen LogP contribution in [-0.2, 0) is 0 Å². The van der Waals surface area contributed by atoms with Gasteiger partial charge >= 0.3 is 0 Å². The average molecular weight is 371 g/mol. The van der Waals surface area contributed by atoms with Crippen LogP contribution in [-0.4, -0.2) is 26.1 Å². The molecule has 0 radical (unpaired) electrons. The predicted molar refractivity (Wildman–Crippen MR) is 111 cm³/mol. The molecule has 5 heteroatoms. The van der Waals surface area contributed by atoms with E-state index in [0.29, 0.717) is 6.04 Å². The first kappa shape index (κ1) is 18.9. The molecule has 0 saturated carbocycles. The molecule has 3 heterocycles. The van der Waals surface area contributed by atoms with Crippen LogP contribution in [0.5, 0.6) is 0 Å². The van der Waals surface area contributed by atoms with E-state index in [4.69, 9.17) is 12.2 Å². The highest BCUT2D eigenvalue weighted by Crippen LogP contribution is 2.41. The molecule has 2 aromatic rings. The van der Waals surface area contributed by atoms with E-state index in [0.717, 1.165) is 30.2 Å². The topological polar surface area (TPSA) is 33.1 Å².